The highest BCUT2D eigenvalue weighted by Gasteiger charge is 2.04. The Hall–Kier alpha value is -3.18. The third kappa shape index (κ3) is 2.19. The summed E-state index contributed by atoms with van der Waals surface area (Å²) in [5, 5.41) is 4.75. The van der Waals surface area contributed by atoms with Crippen LogP contribution in [0.4, 0.5) is 0 Å². The number of hydrogen-bond donors (Lipinski definition) is 0. The van der Waals surface area contributed by atoms with Crippen molar-refractivity contribution in [3.05, 3.63) is 84.4 Å². The number of fused-ring (bicyclic) bond motifs is 2. The molecule has 3 aromatic carbocycles. The number of hydrogen-bond acceptors (Lipinski definition) is 2. The molecule has 1 heterocycles. The molecule has 4 aromatic rings. The number of rotatable bonds is 0. The monoisotopic (exact) mass is 280 g/mol. The van der Waals surface area contributed by atoms with Crippen molar-refractivity contribution < 1.29 is 0 Å². The summed E-state index contributed by atoms with van der Waals surface area (Å²) in [5.74, 6) is 6.49. The molecule has 0 spiro atoms. The first-order valence-corrected chi connectivity index (χ1v) is 7.09. The largest absolute Gasteiger partial charge is 0.244 e. The van der Waals surface area contributed by atoms with Crippen molar-refractivity contribution in [1.82, 2.24) is 9.97 Å². The van der Waals surface area contributed by atoms with Gasteiger partial charge in [-0.2, -0.15) is 0 Å². The van der Waals surface area contributed by atoms with Crippen molar-refractivity contribution in [2.75, 3.05) is 0 Å². The minimum absolute atomic E-state index is 0.819. The summed E-state index contributed by atoms with van der Waals surface area (Å²) in [4.78, 5) is 8.02. The van der Waals surface area contributed by atoms with Crippen molar-refractivity contribution in [1.29, 1.82) is 0 Å². The van der Waals surface area contributed by atoms with Crippen molar-refractivity contribution in [3.8, 4) is 11.8 Å². The van der Waals surface area contributed by atoms with Crippen LogP contribution in [0.3, 0.4) is 0 Å². The van der Waals surface area contributed by atoms with Gasteiger partial charge in [0.25, 0.3) is 0 Å². The van der Waals surface area contributed by atoms with Gasteiger partial charge in [0, 0.05) is 18.0 Å². The van der Waals surface area contributed by atoms with Gasteiger partial charge in [0.05, 0.1) is 5.56 Å². The fourth-order valence-corrected chi connectivity index (χ4v) is 2.65. The van der Waals surface area contributed by atoms with Gasteiger partial charge >= 0.3 is 0 Å². The van der Waals surface area contributed by atoms with E-state index < -0.39 is 0 Å². The molecule has 22 heavy (non-hydrogen) atoms. The molecule has 0 saturated heterocycles. The lowest BCUT2D eigenvalue weighted by Crippen LogP contribution is -1.85. The lowest BCUT2D eigenvalue weighted by molar-refractivity contribution is 1.16. The van der Waals surface area contributed by atoms with Crippen molar-refractivity contribution >= 4 is 21.5 Å². The summed E-state index contributed by atoms with van der Waals surface area (Å²) in [6, 6.07) is 18.9. The average Bonchev–Trinajstić information content (AvgIpc) is 2.59. The normalized spacial score (nSPS) is 10.4. The number of aromatic nitrogens is 2. The molecule has 2 heteroatoms. The highest BCUT2D eigenvalue weighted by molar-refractivity contribution is 6.04. The molecule has 0 bridgehead atoms. The zero-order chi connectivity index (χ0) is 14.8. The van der Waals surface area contributed by atoms with Crippen molar-refractivity contribution in [2.45, 2.75) is 0 Å². The minimum atomic E-state index is 0.819. The van der Waals surface area contributed by atoms with Crippen LogP contribution in [0.25, 0.3) is 21.5 Å². The second-order valence-electron chi connectivity index (χ2n) is 5.07. The molecule has 0 atom stereocenters. The van der Waals surface area contributed by atoms with E-state index in [1.165, 1.54) is 27.9 Å². The summed E-state index contributed by atoms with van der Waals surface area (Å²) in [5.41, 5.74) is 1.87. The topological polar surface area (TPSA) is 25.8 Å². The maximum atomic E-state index is 4.01. The summed E-state index contributed by atoms with van der Waals surface area (Å²) in [6.45, 7) is 0. The number of nitrogens with zero attached hydrogens (tertiary/aromatic N) is 2. The van der Waals surface area contributed by atoms with E-state index in [0.717, 1.165) is 11.1 Å². The highest BCUT2D eigenvalue weighted by atomic mass is 14.8. The number of benzene rings is 3. The molecule has 0 saturated carbocycles. The van der Waals surface area contributed by atoms with Crippen LogP contribution in [0.15, 0.2) is 73.3 Å². The van der Waals surface area contributed by atoms with Gasteiger partial charge in [-0.1, -0.05) is 60.4 Å². The van der Waals surface area contributed by atoms with Crippen molar-refractivity contribution in [3.63, 3.8) is 0 Å². The van der Waals surface area contributed by atoms with Crippen LogP contribution >= 0.6 is 0 Å². The van der Waals surface area contributed by atoms with Crippen LogP contribution < -0.4 is 0 Å². The third-order valence-electron chi connectivity index (χ3n) is 3.66. The zero-order valence-corrected chi connectivity index (χ0v) is 11.8. The lowest BCUT2D eigenvalue weighted by Gasteiger charge is -2.06. The van der Waals surface area contributed by atoms with E-state index in [1.54, 1.807) is 12.4 Å². The van der Waals surface area contributed by atoms with Gasteiger partial charge in [0.2, 0.25) is 0 Å². The Morgan fingerprint density at radius 1 is 0.682 bits per heavy atom. The van der Waals surface area contributed by atoms with Gasteiger partial charge < -0.3 is 0 Å². The lowest BCUT2D eigenvalue weighted by atomic mass is 9.97. The third-order valence-corrected chi connectivity index (χ3v) is 3.66. The summed E-state index contributed by atoms with van der Waals surface area (Å²) in [6.07, 6.45) is 4.97. The molecule has 0 aliphatic heterocycles. The summed E-state index contributed by atoms with van der Waals surface area (Å²) in [7, 11) is 0. The molecule has 1 aromatic heterocycles. The van der Waals surface area contributed by atoms with E-state index in [9.17, 15) is 0 Å². The Morgan fingerprint density at radius 3 is 1.91 bits per heavy atom. The molecule has 0 aliphatic rings. The molecule has 0 amide bonds. The zero-order valence-electron chi connectivity index (χ0n) is 11.8. The molecule has 0 N–H and O–H groups in total. The average molecular weight is 280 g/mol. The van der Waals surface area contributed by atoms with Gasteiger partial charge in [0.15, 0.2) is 0 Å². The van der Waals surface area contributed by atoms with Gasteiger partial charge in [-0.25, -0.2) is 9.97 Å². The Bertz CT molecular complexity index is 971. The van der Waals surface area contributed by atoms with E-state index in [1.807, 2.05) is 12.1 Å². The predicted molar refractivity (Wildman–Crippen MR) is 89.5 cm³/mol. The summed E-state index contributed by atoms with van der Waals surface area (Å²) < 4.78 is 0. The Morgan fingerprint density at radius 2 is 1.27 bits per heavy atom. The van der Waals surface area contributed by atoms with Gasteiger partial charge in [-0.15, -0.1) is 0 Å². The Labute approximate surface area is 128 Å². The molecule has 0 fully saturated rings. The first kappa shape index (κ1) is 12.6. The summed E-state index contributed by atoms with van der Waals surface area (Å²) >= 11 is 0. The molecule has 4 rings (SSSR count). The molecular weight excluding hydrogens is 268 g/mol. The maximum Gasteiger partial charge on any atom is 0.115 e. The fourth-order valence-electron chi connectivity index (χ4n) is 2.65. The predicted octanol–water partition coefficient (Wildman–Crippen LogP) is 4.18. The molecule has 0 aliphatic carbocycles. The van der Waals surface area contributed by atoms with Crippen LogP contribution in [0, 0.1) is 11.8 Å². The molecule has 102 valence electrons. The molecule has 2 nitrogen and oxygen atoms in total. The van der Waals surface area contributed by atoms with E-state index in [-0.39, 0.29) is 0 Å². The van der Waals surface area contributed by atoms with Crippen LogP contribution in [0.5, 0.6) is 0 Å². The highest BCUT2D eigenvalue weighted by Crippen LogP contribution is 2.27. The molecule has 0 unspecified atom stereocenters. The van der Waals surface area contributed by atoms with Crippen LogP contribution in [0.1, 0.15) is 11.1 Å². The van der Waals surface area contributed by atoms with Crippen LogP contribution in [-0.2, 0) is 0 Å². The fraction of sp³-hybridized carbons (Fsp3) is 0. The first-order valence-electron chi connectivity index (χ1n) is 7.09. The SMILES string of the molecule is C(#Cc1c2ccccc2cc2ccccc12)c1cncnc1. The smallest absolute Gasteiger partial charge is 0.115 e. The van der Waals surface area contributed by atoms with Gasteiger partial charge in [0.1, 0.15) is 6.33 Å². The standard InChI is InChI=1S/C20H12N2/c1-3-7-18-16(5-1)11-17-6-2-4-8-19(17)20(18)10-9-15-12-21-14-22-13-15/h1-8,11-14H. The Balaban J connectivity index is 2.03. The minimum Gasteiger partial charge on any atom is -0.244 e. The second-order valence-corrected chi connectivity index (χ2v) is 5.07. The van der Waals surface area contributed by atoms with Crippen LogP contribution in [-0.4, -0.2) is 9.97 Å². The maximum absolute atomic E-state index is 4.01. The van der Waals surface area contributed by atoms with Gasteiger partial charge in [-0.05, 0) is 27.6 Å². The van der Waals surface area contributed by atoms with E-state index in [0.29, 0.717) is 0 Å². The quantitative estimate of drug-likeness (QED) is 0.356. The van der Waals surface area contributed by atoms with Crippen LogP contribution in [0.2, 0.25) is 0 Å². The molecular formula is C20H12N2. The molecule has 0 radical (unpaired) electrons. The van der Waals surface area contributed by atoms with Gasteiger partial charge in [-0.3, -0.25) is 0 Å². The Kier molecular flexibility index (Phi) is 3.03. The van der Waals surface area contributed by atoms with E-state index in [4.69, 9.17) is 0 Å². The first-order chi connectivity index (χ1) is 10.9. The van der Waals surface area contributed by atoms with E-state index >= 15 is 0 Å². The second kappa shape index (κ2) is 5.31. The van der Waals surface area contributed by atoms with Crippen molar-refractivity contribution in [2.24, 2.45) is 0 Å². The van der Waals surface area contributed by atoms with E-state index in [2.05, 4.69) is 64.3 Å².